The lowest BCUT2D eigenvalue weighted by atomic mass is 9.47. The first-order chi connectivity index (χ1) is 29.4. The molecule has 326 valence electrons. The molecule has 8 rings (SSSR count). The fraction of sp³-hybridized carbons (Fsp3) is 0.566. The third-order valence-corrected chi connectivity index (χ3v) is 15.7. The van der Waals surface area contributed by atoms with Crippen molar-refractivity contribution in [3.63, 3.8) is 0 Å². The normalized spacial score (nSPS) is 33.4. The Kier molecular flexibility index (Phi) is 13.2. The lowest BCUT2D eigenvalue weighted by Gasteiger charge is -2.58. The van der Waals surface area contributed by atoms with Gasteiger partial charge in [-0.3, -0.25) is 0 Å². The number of fused-ring (bicyclic) bond motifs is 5. The number of rotatable bonds is 14. The summed E-state index contributed by atoms with van der Waals surface area (Å²) in [6.45, 7) is 12.2. The van der Waals surface area contributed by atoms with Crippen LogP contribution in [0.3, 0.4) is 0 Å². The molecule has 4 aliphatic carbocycles. The van der Waals surface area contributed by atoms with Crippen molar-refractivity contribution in [1.29, 1.82) is 0 Å². The number of carbonyl (C=O) groups excluding carboxylic acids is 3. The molecule has 4 fully saturated rings. The van der Waals surface area contributed by atoms with Gasteiger partial charge in [0.2, 0.25) is 0 Å². The summed E-state index contributed by atoms with van der Waals surface area (Å²) in [5.74, 6) is 2.81. The molecule has 3 aromatic carbocycles. The SMILES string of the molecule is CC(C)CCC[C@@H](C)[C@H]1CC[C@H]2[C@@H]3CC=C4C[C@@H](O[C@@H]5O[C@H](COC(=O)c6ccccc6)[C@@H](OC(=O)c6ccccc6)[C@H]5OC(=O)c5ccccc5)CC[C@]4(C)[C@H]3CC[C@]12C. The molecule has 8 nitrogen and oxygen atoms in total. The standard InChI is InChI=1S/C53H66O8/c1-34(2)16-15-17-35(3)42-26-27-43-41-25-24-39-32-40(28-30-52(39,4)44(41)29-31-53(42,43)5)58-51-47(61-50(56)38-22-13-8-14-23-38)46(60-49(55)37-20-11-7-12-21-37)45(59-51)33-57-48(54)36-18-9-6-10-19-36/h6-14,18-24,34-35,40-47,51H,15-17,25-33H2,1-5H3/t35-,40+,41+,42-,43+,44+,45-,46-,47-,51-,52+,53-/m1/s1. The zero-order valence-corrected chi connectivity index (χ0v) is 36.8. The van der Waals surface area contributed by atoms with Gasteiger partial charge < -0.3 is 23.7 Å². The molecule has 61 heavy (non-hydrogen) atoms. The molecular formula is C53H66O8. The molecular weight excluding hydrogens is 765 g/mol. The van der Waals surface area contributed by atoms with Crippen LogP contribution >= 0.6 is 0 Å². The van der Waals surface area contributed by atoms with Crippen LogP contribution in [-0.4, -0.2) is 55.2 Å². The van der Waals surface area contributed by atoms with Crippen molar-refractivity contribution in [1.82, 2.24) is 0 Å². The van der Waals surface area contributed by atoms with Gasteiger partial charge in [0.15, 0.2) is 18.5 Å². The first kappa shape index (κ1) is 43.4. The number of allylic oxidation sites excluding steroid dienone is 1. The molecule has 0 unspecified atom stereocenters. The van der Waals surface area contributed by atoms with E-state index in [9.17, 15) is 14.4 Å². The highest BCUT2D eigenvalue weighted by atomic mass is 16.7. The summed E-state index contributed by atoms with van der Waals surface area (Å²) in [4.78, 5) is 40.5. The molecule has 5 aliphatic rings. The Morgan fingerprint density at radius 2 is 1.31 bits per heavy atom. The fourth-order valence-corrected chi connectivity index (χ4v) is 12.5. The average molecular weight is 831 g/mol. The van der Waals surface area contributed by atoms with E-state index in [-0.39, 0.29) is 18.1 Å². The molecule has 1 aliphatic heterocycles. The maximum atomic E-state index is 13.7. The molecule has 0 aromatic heterocycles. The second-order valence-corrected chi connectivity index (χ2v) is 19.8. The molecule has 8 heteroatoms. The highest BCUT2D eigenvalue weighted by Crippen LogP contribution is 2.67. The third-order valence-electron chi connectivity index (χ3n) is 15.7. The smallest absolute Gasteiger partial charge is 0.338 e. The van der Waals surface area contributed by atoms with Crippen molar-refractivity contribution in [2.24, 2.45) is 46.3 Å². The molecule has 1 heterocycles. The molecule has 1 saturated heterocycles. The Hall–Kier alpha value is -4.27. The van der Waals surface area contributed by atoms with Crippen molar-refractivity contribution < 1.29 is 38.1 Å². The first-order valence-electron chi connectivity index (χ1n) is 23.2. The van der Waals surface area contributed by atoms with Crippen LogP contribution in [0.2, 0.25) is 0 Å². The second-order valence-electron chi connectivity index (χ2n) is 19.8. The summed E-state index contributed by atoms with van der Waals surface area (Å²) in [7, 11) is 0. The van der Waals surface area contributed by atoms with Gasteiger partial charge in [-0.05, 0) is 134 Å². The minimum Gasteiger partial charge on any atom is -0.459 e. The van der Waals surface area contributed by atoms with Crippen LogP contribution in [0.4, 0.5) is 0 Å². The van der Waals surface area contributed by atoms with Crippen LogP contribution < -0.4 is 0 Å². The number of esters is 3. The Morgan fingerprint density at radius 1 is 0.705 bits per heavy atom. The van der Waals surface area contributed by atoms with E-state index in [4.69, 9.17) is 23.7 Å². The van der Waals surface area contributed by atoms with E-state index in [0.29, 0.717) is 28.0 Å². The maximum Gasteiger partial charge on any atom is 0.338 e. The van der Waals surface area contributed by atoms with Gasteiger partial charge in [0.05, 0.1) is 22.8 Å². The summed E-state index contributed by atoms with van der Waals surface area (Å²) in [6, 6.07) is 26.1. The Morgan fingerprint density at radius 3 is 1.93 bits per heavy atom. The van der Waals surface area contributed by atoms with Gasteiger partial charge in [0.1, 0.15) is 12.7 Å². The van der Waals surface area contributed by atoms with Gasteiger partial charge in [-0.15, -0.1) is 0 Å². The summed E-state index contributed by atoms with van der Waals surface area (Å²) >= 11 is 0. The monoisotopic (exact) mass is 830 g/mol. The van der Waals surface area contributed by atoms with Gasteiger partial charge in [-0.2, -0.15) is 0 Å². The van der Waals surface area contributed by atoms with E-state index >= 15 is 0 Å². The Labute approximate surface area is 363 Å². The fourth-order valence-electron chi connectivity index (χ4n) is 12.5. The van der Waals surface area contributed by atoms with Gasteiger partial charge in [-0.25, -0.2) is 14.4 Å². The van der Waals surface area contributed by atoms with Crippen LogP contribution in [-0.2, 0) is 23.7 Å². The predicted molar refractivity (Wildman–Crippen MR) is 235 cm³/mol. The minimum atomic E-state index is -1.13. The van der Waals surface area contributed by atoms with Crippen LogP contribution in [0, 0.1) is 46.3 Å². The first-order valence-corrected chi connectivity index (χ1v) is 23.2. The van der Waals surface area contributed by atoms with Gasteiger partial charge in [-0.1, -0.05) is 120 Å². The molecule has 0 N–H and O–H groups in total. The quantitative estimate of drug-likeness (QED) is 0.0900. The number of hydrogen-bond donors (Lipinski definition) is 0. The van der Waals surface area contributed by atoms with Gasteiger partial charge >= 0.3 is 17.9 Å². The predicted octanol–water partition coefficient (Wildman–Crippen LogP) is 11.4. The molecule has 0 spiro atoms. The topological polar surface area (TPSA) is 97.4 Å². The van der Waals surface area contributed by atoms with Gasteiger partial charge in [0.25, 0.3) is 0 Å². The van der Waals surface area contributed by atoms with E-state index in [0.717, 1.165) is 55.3 Å². The summed E-state index contributed by atoms with van der Waals surface area (Å²) < 4.78 is 31.5. The van der Waals surface area contributed by atoms with Crippen molar-refractivity contribution >= 4 is 17.9 Å². The number of carbonyl (C=O) groups is 3. The van der Waals surface area contributed by atoms with Crippen LogP contribution in [0.1, 0.15) is 136 Å². The van der Waals surface area contributed by atoms with Crippen molar-refractivity contribution in [2.75, 3.05) is 6.61 Å². The van der Waals surface area contributed by atoms with Crippen LogP contribution in [0.5, 0.6) is 0 Å². The second kappa shape index (κ2) is 18.6. The third kappa shape index (κ3) is 9.13. The van der Waals surface area contributed by atoms with E-state index in [2.05, 4.69) is 40.7 Å². The molecule has 3 aromatic rings. The largest absolute Gasteiger partial charge is 0.459 e. The van der Waals surface area contributed by atoms with E-state index < -0.39 is 42.5 Å². The average Bonchev–Trinajstić information content (AvgIpc) is 3.79. The molecule has 12 atom stereocenters. The van der Waals surface area contributed by atoms with Crippen LogP contribution in [0.25, 0.3) is 0 Å². The zero-order chi connectivity index (χ0) is 42.7. The Balaban J connectivity index is 1.00. The highest BCUT2D eigenvalue weighted by Gasteiger charge is 2.60. The van der Waals surface area contributed by atoms with Crippen molar-refractivity contribution in [3.8, 4) is 0 Å². The number of benzene rings is 3. The summed E-state index contributed by atoms with van der Waals surface area (Å²) in [5, 5.41) is 0. The maximum absolute atomic E-state index is 13.7. The van der Waals surface area contributed by atoms with E-state index in [1.807, 2.05) is 18.2 Å². The minimum absolute atomic E-state index is 0.114. The summed E-state index contributed by atoms with van der Waals surface area (Å²) in [5.41, 5.74) is 3.08. The highest BCUT2D eigenvalue weighted by molar-refractivity contribution is 5.91. The van der Waals surface area contributed by atoms with Crippen LogP contribution in [0.15, 0.2) is 103 Å². The van der Waals surface area contributed by atoms with Crippen molar-refractivity contribution in [3.05, 3.63) is 119 Å². The molecule has 0 bridgehead atoms. The molecule has 0 amide bonds. The Bertz CT molecular complexity index is 2000. The van der Waals surface area contributed by atoms with E-state index in [1.54, 1.807) is 72.8 Å². The zero-order valence-electron chi connectivity index (χ0n) is 36.8. The lowest BCUT2D eigenvalue weighted by molar-refractivity contribution is -0.200. The number of ether oxygens (including phenoxy) is 5. The summed E-state index contributed by atoms with van der Waals surface area (Å²) in [6.07, 6.45) is 11.2. The van der Waals surface area contributed by atoms with Gasteiger partial charge in [0, 0.05) is 0 Å². The number of hydrogen-bond acceptors (Lipinski definition) is 8. The van der Waals surface area contributed by atoms with E-state index in [1.165, 1.54) is 50.5 Å². The van der Waals surface area contributed by atoms with Crippen molar-refractivity contribution in [2.45, 2.75) is 136 Å². The lowest BCUT2D eigenvalue weighted by Crippen LogP contribution is -2.51. The molecule has 0 radical (unpaired) electrons. The molecule has 3 saturated carbocycles.